The number of likely N-dealkylation sites (tertiary alicyclic amines) is 1. The van der Waals surface area contributed by atoms with Crippen molar-refractivity contribution in [2.24, 2.45) is 16.3 Å². The van der Waals surface area contributed by atoms with E-state index in [1.54, 1.807) is 0 Å². The van der Waals surface area contributed by atoms with E-state index < -0.39 is 0 Å². The zero-order chi connectivity index (χ0) is 18.9. The topological polar surface area (TPSA) is 83.0 Å². The number of carbonyl (C=O) groups excluding carboxylic acids is 2. The van der Waals surface area contributed by atoms with Crippen LogP contribution in [0.25, 0.3) is 0 Å². The number of ether oxygens (including phenoxy) is 1. The molecule has 0 radical (unpaired) electrons. The maximum atomic E-state index is 11.9. The molecule has 1 fully saturated rings. The normalized spacial score (nSPS) is 15.9. The third kappa shape index (κ3) is 8.55. The largest absolute Gasteiger partial charge is 0.466 e. The first-order chi connectivity index (χ1) is 11.8. The Morgan fingerprint density at radius 3 is 2.27 bits per heavy atom. The Morgan fingerprint density at radius 1 is 1.15 bits per heavy atom. The van der Waals surface area contributed by atoms with Crippen LogP contribution in [-0.2, 0) is 14.3 Å². The molecule has 1 amide bonds. The number of piperidine rings is 1. The van der Waals surface area contributed by atoms with Crippen LogP contribution >= 0.6 is 24.0 Å². The number of hydrogen-bond donors (Lipinski definition) is 2. The van der Waals surface area contributed by atoms with Gasteiger partial charge in [0.1, 0.15) is 0 Å². The lowest BCUT2D eigenvalue weighted by Gasteiger charge is -2.33. The highest BCUT2D eigenvalue weighted by Crippen LogP contribution is 2.18. The molecule has 1 heterocycles. The molecule has 1 rings (SSSR count). The van der Waals surface area contributed by atoms with Crippen molar-refractivity contribution in [2.45, 2.75) is 47.5 Å². The summed E-state index contributed by atoms with van der Waals surface area (Å²) < 4.78 is 5.11. The number of halogens is 1. The molecule has 0 aromatic rings. The van der Waals surface area contributed by atoms with Crippen LogP contribution in [0, 0.1) is 11.3 Å². The van der Waals surface area contributed by atoms with Gasteiger partial charge in [-0.3, -0.25) is 14.6 Å². The van der Waals surface area contributed by atoms with E-state index in [1.165, 1.54) is 0 Å². The molecule has 0 saturated carbocycles. The molecule has 2 N–H and O–H groups in total. The molecule has 1 aliphatic rings. The lowest BCUT2D eigenvalue weighted by Crippen LogP contribution is -2.47. The van der Waals surface area contributed by atoms with E-state index in [0.29, 0.717) is 19.7 Å². The van der Waals surface area contributed by atoms with Gasteiger partial charge in [0.15, 0.2) is 5.96 Å². The fraction of sp³-hybridized carbons (Fsp3) is 0.833. The highest BCUT2D eigenvalue weighted by Gasteiger charge is 2.27. The minimum Gasteiger partial charge on any atom is -0.466 e. The SMILES string of the molecule is CCNC(=NCCNC(=O)C(C)(C)C)N1CCC(C(=O)OCC)CC1.I. The minimum absolute atomic E-state index is 0. The molecule has 0 bridgehead atoms. The van der Waals surface area contributed by atoms with Gasteiger partial charge in [0, 0.05) is 31.6 Å². The molecular formula is C18H35IN4O3. The number of carbonyl (C=O) groups is 2. The zero-order valence-corrected chi connectivity index (χ0v) is 19.1. The Hall–Kier alpha value is -1.06. The molecule has 0 aromatic heterocycles. The van der Waals surface area contributed by atoms with Gasteiger partial charge >= 0.3 is 5.97 Å². The van der Waals surface area contributed by atoms with Crippen molar-refractivity contribution < 1.29 is 14.3 Å². The van der Waals surface area contributed by atoms with Crippen molar-refractivity contribution in [1.82, 2.24) is 15.5 Å². The fourth-order valence-corrected chi connectivity index (χ4v) is 2.61. The maximum absolute atomic E-state index is 11.9. The Kier molecular flexibility index (Phi) is 11.8. The van der Waals surface area contributed by atoms with Crippen molar-refractivity contribution in [1.29, 1.82) is 0 Å². The number of rotatable bonds is 6. The highest BCUT2D eigenvalue weighted by atomic mass is 127. The van der Waals surface area contributed by atoms with Gasteiger partial charge < -0.3 is 20.3 Å². The van der Waals surface area contributed by atoms with Crippen molar-refractivity contribution in [2.75, 3.05) is 39.3 Å². The van der Waals surface area contributed by atoms with Gasteiger partial charge in [0.25, 0.3) is 0 Å². The van der Waals surface area contributed by atoms with Gasteiger partial charge in [-0.15, -0.1) is 24.0 Å². The third-order valence-corrected chi connectivity index (χ3v) is 4.09. The number of hydrogen-bond acceptors (Lipinski definition) is 4. The van der Waals surface area contributed by atoms with Gasteiger partial charge in [-0.1, -0.05) is 20.8 Å². The van der Waals surface area contributed by atoms with Crippen LogP contribution in [0.15, 0.2) is 4.99 Å². The van der Waals surface area contributed by atoms with Gasteiger partial charge in [-0.25, -0.2) is 0 Å². The molecule has 7 nitrogen and oxygen atoms in total. The fourth-order valence-electron chi connectivity index (χ4n) is 2.61. The van der Waals surface area contributed by atoms with E-state index in [1.807, 2.05) is 34.6 Å². The molecule has 0 unspecified atom stereocenters. The second kappa shape index (κ2) is 12.3. The summed E-state index contributed by atoms with van der Waals surface area (Å²) in [5.74, 6) is 0.775. The van der Waals surface area contributed by atoms with Gasteiger partial charge in [0.2, 0.25) is 5.91 Å². The van der Waals surface area contributed by atoms with Crippen molar-refractivity contribution >= 4 is 41.8 Å². The zero-order valence-electron chi connectivity index (χ0n) is 16.8. The van der Waals surface area contributed by atoms with Crippen molar-refractivity contribution in [3.8, 4) is 0 Å². The van der Waals surface area contributed by atoms with Crippen LogP contribution in [0.4, 0.5) is 0 Å². The number of nitrogens with zero attached hydrogens (tertiary/aromatic N) is 2. The minimum atomic E-state index is -0.386. The first kappa shape index (κ1) is 24.9. The number of esters is 1. The van der Waals surface area contributed by atoms with E-state index in [-0.39, 0.29) is 47.2 Å². The van der Waals surface area contributed by atoms with Gasteiger partial charge in [0.05, 0.1) is 19.1 Å². The summed E-state index contributed by atoms with van der Waals surface area (Å²) in [7, 11) is 0. The van der Waals surface area contributed by atoms with Crippen LogP contribution < -0.4 is 10.6 Å². The molecular weight excluding hydrogens is 447 g/mol. The molecule has 1 saturated heterocycles. The number of amides is 1. The third-order valence-electron chi connectivity index (χ3n) is 4.09. The molecule has 1 aliphatic heterocycles. The van der Waals surface area contributed by atoms with Crippen LogP contribution in [0.2, 0.25) is 0 Å². The second-order valence-corrected chi connectivity index (χ2v) is 7.25. The average molecular weight is 482 g/mol. The summed E-state index contributed by atoms with van der Waals surface area (Å²) >= 11 is 0. The molecule has 0 spiro atoms. The summed E-state index contributed by atoms with van der Waals surface area (Å²) in [6.45, 7) is 13.4. The lowest BCUT2D eigenvalue weighted by atomic mass is 9.96. The van der Waals surface area contributed by atoms with E-state index in [2.05, 4.69) is 20.5 Å². The first-order valence-corrected chi connectivity index (χ1v) is 9.27. The van der Waals surface area contributed by atoms with Crippen LogP contribution in [0.3, 0.4) is 0 Å². The maximum Gasteiger partial charge on any atom is 0.309 e. The van der Waals surface area contributed by atoms with Crippen LogP contribution in [0.5, 0.6) is 0 Å². The quantitative estimate of drug-likeness (QED) is 0.199. The Bertz CT molecular complexity index is 470. The van der Waals surface area contributed by atoms with Gasteiger partial charge in [-0.05, 0) is 26.7 Å². The van der Waals surface area contributed by atoms with E-state index in [4.69, 9.17) is 4.74 Å². The standard InChI is InChI=1S/C18H34N4O3.HI/c1-6-19-17(21-11-10-20-16(24)18(3,4)5)22-12-8-14(9-13-22)15(23)25-7-2;/h14H,6-13H2,1-5H3,(H,19,21)(H,20,24);1H. The summed E-state index contributed by atoms with van der Waals surface area (Å²) in [5.41, 5.74) is -0.386. The summed E-state index contributed by atoms with van der Waals surface area (Å²) in [5, 5.41) is 6.19. The highest BCUT2D eigenvalue weighted by molar-refractivity contribution is 14.0. The smallest absolute Gasteiger partial charge is 0.309 e. The first-order valence-electron chi connectivity index (χ1n) is 9.27. The number of nitrogens with one attached hydrogen (secondary N) is 2. The molecule has 152 valence electrons. The van der Waals surface area contributed by atoms with Crippen LogP contribution in [-0.4, -0.2) is 62.1 Å². The average Bonchev–Trinajstić information content (AvgIpc) is 2.57. The molecule has 0 aliphatic carbocycles. The van der Waals surface area contributed by atoms with Crippen molar-refractivity contribution in [3.05, 3.63) is 0 Å². The van der Waals surface area contributed by atoms with E-state index in [9.17, 15) is 9.59 Å². The Balaban J connectivity index is 0.00000625. The van der Waals surface area contributed by atoms with Crippen LogP contribution in [0.1, 0.15) is 47.5 Å². The molecule has 26 heavy (non-hydrogen) atoms. The molecule has 0 aromatic carbocycles. The second-order valence-electron chi connectivity index (χ2n) is 7.25. The summed E-state index contributed by atoms with van der Waals surface area (Å²) in [6, 6.07) is 0. The van der Waals surface area contributed by atoms with E-state index >= 15 is 0 Å². The lowest BCUT2D eigenvalue weighted by molar-refractivity contribution is -0.149. The number of guanidine groups is 1. The summed E-state index contributed by atoms with van der Waals surface area (Å²) in [6.07, 6.45) is 1.56. The van der Waals surface area contributed by atoms with Crippen molar-refractivity contribution in [3.63, 3.8) is 0 Å². The van der Waals surface area contributed by atoms with E-state index in [0.717, 1.165) is 38.4 Å². The van der Waals surface area contributed by atoms with Gasteiger partial charge in [-0.2, -0.15) is 0 Å². The molecule has 0 atom stereocenters. The molecule has 8 heteroatoms. The number of aliphatic imine (C=N–C) groups is 1. The summed E-state index contributed by atoms with van der Waals surface area (Å²) in [4.78, 5) is 30.5. The Labute approximate surface area is 174 Å². The Morgan fingerprint density at radius 2 is 1.77 bits per heavy atom. The monoisotopic (exact) mass is 482 g/mol. The predicted octanol–water partition coefficient (Wildman–Crippen LogP) is 2.01. The predicted molar refractivity (Wildman–Crippen MR) is 115 cm³/mol.